The van der Waals surface area contributed by atoms with Crippen LogP contribution in [0.1, 0.15) is 53.4 Å². The van der Waals surface area contributed by atoms with Gasteiger partial charge in [0, 0.05) is 23.1 Å². The normalized spacial score (nSPS) is 16.9. The molecule has 23 heavy (non-hydrogen) atoms. The van der Waals surface area contributed by atoms with Crippen LogP contribution >= 0.6 is 11.8 Å². The number of methoxy groups -OCH3 is 1. The minimum atomic E-state index is -0.412. The van der Waals surface area contributed by atoms with E-state index in [1.807, 2.05) is 27.7 Å². The fourth-order valence-corrected chi connectivity index (χ4v) is 3.56. The van der Waals surface area contributed by atoms with Gasteiger partial charge in [-0.15, -0.1) is 0 Å². The molecular weight excluding hydrogens is 314 g/mol. The molecule has 0 aromatic rings. The topological polar surface area (TPSA) is 63.7 Å². The Kier molecular flexibility index (Phi) is 7.58. The molecule has 0 aliphatic heterocycles. The summed E-state index contributed by atoms with van der Waals surface area (Å²) in [4.78, 5) is 38.0. The Balaban J connectivity index is 2.67. The third-order valence-corrected chi connectivity index (χ3v) is 5.62. The first-order chi connectivity index (χ1) is 10.7. The van der Waals surface area contributed by atoms with Crippen LogP contribution in [0.25, 0.3) is 0 Å². The maximum Gasteiger partial charge on any atom is 0.325 e. The van der Waals surface area contributed by atoms with E-state index in [4.69, 9.17) is 4.74 Å². The van der Waals surface area contributed by atoms with Crippen molar-refractivity contribution in [2.75, 3.05) is 19.4 Å². The van der Waals surface area contributed by atoms with Crippen molar-refractivity contribution in [2.24, 2.45) is 11.3 Å². The highest BCUT2D eigenvalue weighted by Gasteiger charge is 2.32. The van der Waals surface area contributed by atoms with Crippen molar-refractivity contribution in [3.05, 3.63) is 0 Å². The predicted octanol–water partition coefficient (Wildman–Crippen LogP) is 2.87. The van der Waals surface area contributed by atoms with Crippen LogP contribution in [0.3, 0.4) is 0 Å². The van der Waals surface area contributed by atoms with Crippen LogP contribution in [0.2, 0.25) is 0 Å². The molecule has 0 bridgehead atoms. The summed E-state index contributed by atoms with van der Waals surface area (Å²) in [6, 6.07) is 0.118. The molecule has 0 aromatic heterocycles. The Morgan fingerprint density at radius 1 is 1.22 bits per heavy atom. The number of rotatable bonds is 6. The van der Waals surface area contributed by atoms with Crippen LogP contribution in [0.15, 0.2) is 0 Å². The van der Waals surface area contributed by atoms with Gasteiger partial charge in [-0.25, -0.2) is 0 Å². The Hall–Kier alpha value is -1.04. The van der Waals surface area contributed by atoms with Crippen molar-refractivity contribution in [1.29, 1.82) is 0 Å². The van der Waals surface area contributed by atoms with Gasteiger partial charge >= 0.3 is 5.97 Å². The molecule has 0 N–H and O–H groups in total. The lowest BCUT2D eigenvalue weighted by molar-refractivity contribution is -0.149. The molecule has 1 saturated carbocycles. The zero-order valence-electron chi connectivity index (χ0n) is 14.9. The Bertz CT molecular complexity index is 438. The molecule has 6 heteroatoms. The summed E-state index contributed by atoms with van der Waals surface area (Å²) in [7, 11) is 1.33. The molecule has 1 amide bonds. The van der Waals surface area contributed by atoms with E-state index in [1.165, 1.54) is 18.9 Å². The van der Waals surface area contributed by atoms with Gasteiger partial charge in [0.2, 0.25) is 5.91 Å². The number of hydrogen-bond acceptors (Lipinski definition) is 5. The van der Waals surface area contributed by atoms with E-state index in [2.05, 4.69) is 0 Å². The fourth-order valence-electron chi connectivity index (χ4n) is 2.58. The molecule has 1 aliphatic carbocycles. The van der Waals surface area contributed by atoms with Crippen LogP contribution in [0, 0.1) is 11.3 Å². The van der Waals surface area contributed by atoms with Gasteiger partial charge in [0.05, 0.1) is 7.11 Å². The van der Waals surface area contributed by atoms with Crippen LogP contribution in [-0.4, -0.2) is 47.3 Å². The molecule has 0 saturated heterocycles. The number of carbonyl (C=O) groups excluding carboxylic acids is 3. The molecule has 1 aliphatic rings. The molecule has 1 fully saturated rings. The average Bonchev–Trinajstić information content (AvgIpc) is 3.01. The smallest absolute Gasteiger partial charge is 0.325 e. The first-order valence-corrected chi connectivity index (χ1v) is 9.20. The zero-order valence-corrected chi connectivity index (χ0v) is 15.7. The van der Waals surface area contributed by atoms with E-state index >= 15 is 0 Å². The molecule has 5 nitrogen and oxygen atoms in total. The highest BCUT2D eigenvalue weighted by Crippen LogP contribution is 2.27. The molecule has 1 unspecified atom stereocenters. The predicted molar refractivity (Wildman–Crippen MR) is 92.1 cm³/mol. The van der Waals surface area contributed by atoms with Crippen molar-refractivity contribution >= 4 is 28.8 Å². The summed E-state index contributed by atoms with van der Waals surface area (Å²) in [5.41, 5.74) is -0.412. The molecule has 0 heterocycles. The summed E-state index contributed by atoms with van der Waals surface area (Å²) < 4.78 is 4.72. The van der Waals surface area contributed by atoms with Crippen LogP contribution < -0.4 is 0 Å². The molecule has 0 radical (unpaired) electrons. The van der Waals surface area contributed by atoms with Gasteiger partial charge in [-0.3, -0.25) is 14.4 Å². The van der Waals surface area contributed by atoms with Gasteiger partial charge < -0.3 is 9.64 Å². The largest absolute Gasteiger partial charge is 0.468 e. The van der Waals surface area contributed by atoms with Gasteiger partial charge in [0.15, 0.2) is 5.12 Å². The first kappa shape index (κ1) is 20.0. The minimum absolute atomic E-state index is 0.00221. The summed E-state index contributed by atoms with van der Waals surface area (Å²) in [6.45, 7) is 7.44. The van der Waals surface area contributed by atoms with Gasteiger partial charge in [0.1, 0.15) is 6.54 Å². The lowest BCUT2D eigenvalue weighted by Gasteiger charge is -2.30. The second-order valence-corrected chi connectivity index (χ2v) is 8.22. The SMILES string of the molecule is COC(=O)CN(C(=O)C(C)CSC(=O)C(C)(C)C)C1CCCC1. The number of ether oxygens (including phenoxy) is 1. The van der Waals surface area contributed by atoms with Gasteiger partial charge in [0.25, 0.3) is 0 Å². The second-order valence-electron chi connectivity index (χ2n) is 7.23. The standard InChI is InChI=1S/C17H29NO4S/c1-12(11-23-16(21)17(2,3)4)15(20)18(10-14(19)22-5)13-8-6-7-9-13/h12-13H,6-11H2,1-5H3. The Labute approximate surface area is 143 Å². The van der Waals surface area contributed by atoms with Crippen molar-refractivity contribution in [1.82, 2.24) is 4.90 Å². The van der Waals surface area contributed by atoms with Crippen molar-refractivity contribution in [2.45, 2.75) is 59.4 Å². The molecular formula is C17H29NO4S. The first-order valence-electron chi connectivity index (χ1n) is 8.21. The second kappa shape index (κ2) is 8.71. The highest BCUT2D eigenvalue weighted by atomic mass is 32.2. The Morgan fingerprint density at radius 2 is 1.78 bits per heavy atom. The fraction of sp³-hybridized carbons (Fsp3) is 0.824. The molecule has 1 rings (SSSR count). The number of amides is 1. The number of thioether (sulfide) groups is 1. The summed E-state index contributed by atoms with van der Waals surface area (Å²) in [5.74, 6) is -0.303. The number of nitrogens with zero attached hydrogens (tertiary/aromatic N) is 1. The summed E-state index contributed by atoms with van der Waals surface area (Å²) in [6.07, 6.45) is 4.04. The number of hydrogen-bond donors (Lipinski definition) is 0. The van der Waals surface area contributed by atoms with E-state index in [1.54, 1.807) is 4.90 Å². The lowest BCUT2D eigenvalue weighted by atomic mass is 10.00. The van der Waals surface area contributed by atoms with Gasteiger partial charge in [-0.05, 0) is 12.8 Å². The van der Waals surface area contributed by atoms with E-state index in [-0.39, 0.29) is 29.5 Å². The maximum absolute atomic E-state index is 12.7. The quantitative estimate of drug-likeness (QED) is 0.694. The monoisotopic (exact) mass is 343 g/mol. The Morgan fingerprint density at radius 3 is 2.26 bits per heavy atom. The van der Waals surface area contributed by atoms with E-state index < -0.39 is 11.4 Å². The van der Waals surface area contributed by atoms with Crippen LogP contribution in [0.5, 0.6) is 0 Å². The molecule has 0 aromatic carbocycles. The lowest BCUT2D eigenvalue weighted by Crippen LogP contribution is -2.45. The summed E-state index contributed by atoms with van der Waals surface area (Å²) >= 11 is 1.20. The molecule has 132 valence electrons. The third-order valence-electron chi connectivity index (χ3n) is 4.07. The van der Waals surface area contributed by atoms with E-state index in [9.17, 15) is 14.4 Å². The third kappa shape index (κ3) is 6.16. The number of carbonyl (C=O) groups is 3. The maximum atomic E-state index is 12.7. The van der Waals surface area contributed by atoms with E-state index in [0.717, 1.165) is 25.7 Å². The molecule has 0 spiro atoms. The van der Waals surface area contributed by atoms with Crippen molar-refractivity contribution in [3.63, 3.8) is 0 Å². The van der Waals surface area contributed by atoms with E-state index in [0.29, 0.717) is 5.75 Å². The number of esters is 1. The van der Waals surface area contributed by atoms with Crippen LogP contribution in [-0.2, 0) is 19.1 Å². The van der Waals surface area contributed by atoms with Gasteiger partial charge in [-0.2, -0.15) is 0 Å². The summed E-state index contributed by atoms with van der Waals surface area (Å²) in [5, 5.41) is 0.0811. The minimum Gasteiger partial charge on any atom is -0.468 e. The average molecular weight is 343 g/mol. The van der Waals surface area contributed by atoms with Crippen molar-refractivity contribution < 1.29 is 19.1 Å². The van der Waals surface area contributed by atoms with Crippen molar-refractivity contribution in [3.8, 4) is 0 Å². The van der Waals surface area contributed by atoms with Gasteiger partial charge in [-0.1, -0.05) is 52.3 Å². The molecule has 1 atom stereocenters. The highest BCUT2D eigenvalue weighted by molar-refractivity contribution is 8.13. The zero-order chi connectivity index (χ0) is 17.6. The van der Waals surface area contributed by atoms with Crippen LogP contribution in [0.4, 0.5) is 0 Å².